The molecule has 1 aromatic rings. The SMILES string of the molecule is Cc1ccc(CC(=O)N2CCC(C(=O)NC3CCCCCC3)CC2)cc1. The lowest BCUT2D eigenvalue weighted by Crippen LogP contribution is -2.45. The molecule has 1 aromatic carbocycles. The highest BCUT2D eigenvalue weighted by Gasteiger charge is 2.28. The lowest BCUT2D eigenvalue weighted by atomic mass is 9.94. The van der Waals surface area contributed by atoms with Crippen molar-refractivity contribution in [2.75, 3.05) is 13.1 Å². The first kappa shape index (κ1) is 18.9. The van der Waals surface area contributed by atoms with E-state index in [1.54, 1.807) is 0 Å². The van der Waals surface area contributed by atoms with Gasteiger partial charge in [-0.2, -0.15) is 0 Å². The predicted octanol–water partition coefficient (Wildman–Crippen LogP) is 3.62. The van der Waals surface area contributed by atoms with Gasteiger partial charge in [0.2, 0.25) is 11.8 Å². The van der Waals surface area contributed by atoms with Crippen molar-refractivity contribution in [3.05, 3.63) is 35.4 Å². The molecule has 142 valence electrons. The van der Waals surface area contributed by atoms with Gasteiger partial charge in [-0.3, -0.25) is 9.59 Å². The van der Waals surface area contributed by atoms with Crippen LogP contribution < -0.4 is 5.32 Å². The lowest BCUT2D eigenvalue weighted by molar-refractivity contribution is -0.135. The minimum atomic E-state index is 0.0710. The first-order valence-corrected chi connectivity index (χ1v) is 10.3. The average molecular weight is 357 g/mol. The second-order valence-electron chi connectivity index (χ2n) is 8.01. The van der Waals surface area contributed by atoms with E-state index in [9.17, 15) is 9.59 Å². The second-order valence-corrected chi connectivity index (χ2v) is 8.01. The van der Waals surface area contributed by atoms with Gasteiger partial charge in [-0.1, -0.05) is 55.5 Å². The summed E-state index contributed by atoms with van der Waals surface area (Å²) in [6, 6.07) is 8.52. The molecule has 0 aromatic heterocycles. The smallest absolute Gasteiger partial charge is 0.226 e. The molecule has 3 rings (SSSR count). The maximum atomic E-state index is 12.6. The van der Waals surface area contributed by atoms with Gasteiger partial charge in [0.1, 0.15) is 0 Å². The van der Waals surface area contributed by atoms with Crippen molar-refractivity contribution in [3.63, 3.8) is 0 Å². The molecule has 0 spiro atoms. The van der Waals surface area contributed by atoms with Crippen molar-refractivity contribution in [1.82, 2.24) is 10.2 Å². The zero-order valence-corrected chi connectivity index (χ0v) is 16.0. The lowest BCUT2D eigenvalue weighted by Gasteiger charge is -2.32. The molecule has 0 bridgehead atoms. The summed E-state index contributed by atoms with van der Waals surface area (Å²) in [7, 11) is 0. The molecule has 1 saturated heterocycles. The zero-order chi connectivity index (χ0) is 18.4. The monoisotopic (exact) mass is 356 g/mol. The van der Waals surface area contributed by atoms with Crippen LogP contribution in [0.3, 0.4) is 0 Å². The van der Waals surface area contributed by atoms with Crippen molar-refractivity contribution < 1.29 is 9.59 Å². The molecule has 1 aliphatic heterocycles. The van der Waals surface area contributed by atoms with E-state index in [0.29, 0.717) is 25.6 Å². The maximum absolute atomic E-state index is 12.6. The Morgan fingerprint density at radius 2 is 1.58 bits per heavy atom. The molecule has 1 aliphatic carbocycles. The zero-order valence-electron chi connectivity index (χ0n) is 16.0. The van der Waals surface area contributed by atoms with Crippen LogP contribution in [0.5, 0.6) is 0 Å². The second kappa shape index (κ2) is 9.20. The van der Waals surface area contributed by atoms with Crippen LogP contribution >= 0.6 is 0 Å². The first-order chi connectivity index (χ1) is 12.6. The largest absolute Gasteiger partial charge is 0.353 e. The number of carbonyl (C=O) groups excluding carboxylic acids is 2. The summed E-state index contributed by atoms with van der Waals surface area (Å²) in [5.41, 5.74) is 2.27. The fourth-order valence-corrected chi connectivity index (χ4v) is 4.13. The molecule has 2 fully saturated rings. The van der Waals surface area contributed by atoms with Crippen molar-refractivity contribution in [1.29, 1.82) is 0 Å². The Kier molecular flexibility index (Phi) is 6.70. The van der Waals surface area contributed by atoms with Gasteiger partial charge in [0.15, 0.2) is 0 Å². The van der Waals surface area contributed by atoms with Crippen LogP contribution in [-0.4, -0.2) is 35.8 Å². The summed E-state index contributed by atoms with van der Waals surface area (Å²) in [5.74, 6) is 0.459. The predicted molar refractivity (Wildman–Crippen MR) is 104 cm³/mol. The highest BCUT2D eigenvalue weighted by molar-refractivity contribution is 5.81. The number of rotatable bonds is 4. The van der Waals surface area contributed by atoms with E-state index in [1.807, 2.05) is 29.2 Å². The van der Waals surface area contributed by atoms with E-state index in [2.05, 4.69) is 12.2 Å². The van der Waals surface area contributed by atoms with Crippen molar-refractivity contribution in [2.24, 2.45) is 5.92 Å². The van der Waals surface area contributed by atoms with Crippen LogP contribution in [0.15, 0.2) is 24.3 Å². The number of nitrogens with zero attached hydrogens (tertiary/aromatic N) is 1. The van der Waals surface area contributed by atoms with Gasteiger partial charge in [0.25, 0.3) is 0 Å². The summed E-state index contributed by atoms with van der Waals surface area (Å²) in [6.07, 6.45) is 9.35. The number of nitrogens with one attached hydrogen (secondary N) is 1. The molecule has 0 atom stereocenters. The van der Waals surface area contributed by atoms with Crippen LogP contribution in [0, 0.1) is 12.8 Å². The van der Waals surface area contributed by atoms with Crippen molar-refractivity contribution in [2.45, 2.75) is 70.8 Å². The highest BCUT2D eigenvalue weighted by Crippen LogP contribution is 2.21. The Labute approximate surface area is 157 Å². The standard InChI is InChI=1S/C22H32N2O2/c1-17-8-10-18(11-9-17)16-21(25)24-14-12-19(13-15-24)22(26)23-20-6-4-2-3-5-7-20/h8-11,19-20H,2-7,12-16H2,1H3,(H,23,26). The number of piperidine rings is 1. The minimum absolute atomic E-state index is 0.0710. The third kappa shape index (κ3) is 5.33. The molecule has 2 amide bonds. The van der Waals surface area contributed by atoms with E-state index in [-0.39, 0.29) is 17.7 Å². The molecule has 1 heterocycles. The summed E-state index contributed by atoms with van der Waals surface area (Å²) in [4.78, 5) is 27.0. The number of aryl methyl sites for hydroxylation is 1. The number of hydrogen-bond acceptors (Lipinski definition) is 2. The van der Waals surface area contributed by atoms with Crippen LogP contribution in [0.1, 0.15) is 62.5 Å². The van der Waals surface area contributed by atoms with Crippen LogP contribution in [0.2, 0.25) is 0 Å². The minimum Gasteiger partial charge on any atom is -0.353 e. The fraction of sp³-hybridized carbons (Fsp3) is 0.636. The summed E-state index contributed by atoms with van der Waals surface area (Å²) in [5, 5.41) is 3.28. The molecule has 1 N–H and O–H groups in total. The Hall–Kier alpha value is -1.84. The molecule has 0 unspecified atom stereocenters. The molecule has 1 saturated carbocycles. The number of carbonyl (C=O) groups is 2. The van der Waals surface area contributed by atoms with E-state index in [4.69, 9.17) is 0 Å². The van der Waals surface area contributed by atoms with E-state index < -0.39 is 0 Å². The molecule has 0 radical (unpaired) electrons. The topological polar surface area (TPSA) is 49.4 Å². The van der Waals surface area contributed by atoms with Gasteiger partial charge in [-0.05, 0) is 38.2 Å². The quantitative estimate of drug-likeness (QED) is 0.838. The molecular formula is C22H32N2O2. The number of benzene rings is 1. The Balaban J connectivity index is 1.43. The summed E-state index contributed by atoms with van der Waals surface area (Å²) >= 11 is 0. The fourth-order valence-electron chi connectivity index (χ4n) is 4.13. The van der Waals surface area contributed by atoms with Gasteiger partial charge < -0.3 is 10.2 Å². The third-order valence-electron chi connectivity index (χ3n) is 5.90. The van der Waals surface area contributed by atoms with Crippen LogP contribution in [0.4, 0.5) is 0 Å². The molecule has 4 nitrogen and oxygen atoms in total. The van der Waals surface area contributed by atoms with E-state index in [0.717, 1.165) is 31.2 Å². The van der Waals surface area contributed by atoms with Gasteiger partial charge in [-0.15, -0.1) is 0 Å². The molecular weight excluding hydrogens is 324 g/mol. The maximum Gasteiger partial charge on any atom is 0.226 e. The van der Waals surface area contributed by atoms with E-state index >= 15 is 0 Å². The van der Waals surface area contributed by atoms with Crippen LogP contribution in [0.25, 0.3) is 0 Å². The molecule has 4 heteroatoms. The van der Waals surface area contributed by atoms with Gasteiger partial charge in [0.05, 0.1) is 6.42 Å². The first-order valence-electron chi connectivity index (χ1n) is 10.3. The van der Waals surface area contributed by atoms with Gasteiger partial charge in [0, 0.05) is 25.0 Å². The van der Waals surface area contributed by atoms with Crippen LogP contribution in [-0.2, 0) is 16.0 Å². The Morgan fingerprint density at radius 3 is 2.19 bits per heavy atom. The summed E-state index contributed by atoms with van der Waals surface area (Å²) in [6.45, 7) is 3.46. The number of amides is 2. The van der Waals surface area contributed by atoms with Gasteiger partial charge in [-0.25, -0.2) is 0 Å². The normalized spacial score (nSPS) is 19.8. The Bertz CT molecular complexity index is 595. The Morgan fingerprint density at radius 1 is 0.962 bits per heavy atom. The molecule has 2 aliphatic rings. The van der Waals surface area contributed by atoms with Gasteiger partial charge >= 0.3 is 0 Å². The molecule has 26 heavy (non-hydrogen) atoms. The average Bonchev–Trinajstić information content (AvgIpc) is 2.92. The highest BCUT2D eigenvalue weighted by atomic mass is 16.2. The van der Waals surface area contributed by atoms with Crippen molar-refractivity contribution >= 4 is 11.8 Å². The number of likely N-dealkylation sites (tertiary alicyclic amines) is 1. The summed E-state index contributed by atoms with van der Waals surface area (Å²) < 4.78 is 0. The third-order valence-corrected chi connectivity index (χ3v) is 5.90. The number of hydrogen-bond donors (Lipinski definition) is 1. The van der Waals surface area contributed by atoms with E-state index in [1.165, 1.54) is 31.2 Å². The van der Waals surface area contributed by atoms with Crippen molar-refractivity contribution in [3.8, 4) is 0 Å².